The Morgan fingerprint density at radius 1 is 0.429 bits per heavy atom. The SMILES string of the molecule is CC1=NN(C)CC1.CC1=NN(C)CCC1.CC1=NN(C)CCO1.CC1=NN(C)CCS1.CC1=NN(C)CO1.CC1=NN(C)CS1.Cc1ccc(C)nc1.Cc1cccc(C)n1.Cc1ccnc(C)n1.Cc1cnc(C)nc1. The van der Waals surface area contributed by atoms with Gasteiger partial charge < -0.3 is 14.5 Å². The Balaban J connectivity index is 0.000000428. The van der Waals surface area contributed by atoms with Gasteiger partial charge >= 0.3 is 0 Å². The first-order chi connectivity index (χ1) is 36.4. The number of rotatable bonds is 0. The van der Waals surface area contributed by atoms with Crippen molar-refractivity contribution in [3.8, 4) is 0 Å². The molecule has 0 bridgehead atoms. The molecule has 0 spiro atoms. The monoisotopic (exact) mass is 1100 g/mol. The fourth-order valence-corrected chi connectivity index (χ4v) is 7.66. The molecule has 6 aliphatic heterocycles. The number of hydrogen-bond donors (Lipinski definition) is 0. The molecule has 10 rings (SSSR count). The molecule has 22 heteroatoms. The van der Waals surface area contributed by atoms with E-state index < -0.39 is 0 Å². The first-order valence-corrected chi connectivity index (χ1v) is 27.7. The van der Waals surface area contributed by atoms with Crippen molar-refractivity contribution in [2.45, 2.75) is 116 Å². The second-order valence-corrected chi connectivity index (χ2v) is 21.0. The van der Waals surface area contributed by atoms with Crippen molar-refractivity contribution in [3.63, 3.8) is 0 Å². The highest BCUT2D eigenvalue weighted by Crippen LogP contribution is 2.13. The summed E-state index contributed by atoms with van der Waals surface area (Å²) in [6, 6.07) is 11.9. The summed E-state index contributed by atoms with van der Waals surface area (Å²) in [5.41, 5.74) is 9.12. The van der Waals surface area contributed by atoms with E-state index in [0.29, 0.717) is 6.73 Å². The van der Waals surface area contributed by atoms with Gasteiger partial charge in [-0.05, 0) is 131 Å². The average Bonchev–Trinajstić information content (AvgIpc) is 4.07. The maximum absolute atomic E-state index is 5.06. The summed E-state index contributed by atoms with van der Waals surface area (Å²) in [5.74, 6) is 5.39. The molecule has 0 saturated carbocycles. The van der Waals surface area contributed by atoms with Gasteiger partial charge in [0.2, 0.25) is 11.8 Å². The van der Waals surface area contributed by atoms with Crippen LogP contribution in [0.3, 0.4) is 0 Å². The summed E-state index contributed by atoms with van der Waals surface area (Å²) in [6.07, 6.45) is 10.9. The fraction of sp³-hybridized carbons (Fsp3) is 0.564. The largest absolute Gasteiger partial charge is 0.478 e. The molecular weight excluding hydrogens is 1010 g/mol. The molecule has 0 N–H and O–H groups in total. The van der Waals surface area contributed by atoms with Gasteiger partial charge in [0.25, 0.3) is 0 Å². The summed E-state index contributed by atoms with van der Waals surface area (Å²) in [7, 11) is 11.8. The Hall–Kier alpha value is -6.42. The lowest BCUT2D eigenvalue weighted by Crippen LogP contribution is -2.25. The molecule has 77 heavy (non-hydrogen) atoms. The predicted octanol–water partition coefficient (Wildman–Crippen LogP) is 9.84. The summed E-state index contributed by atoms with van der Waals surface area (Å²) in [5, 5.41) is 38.4. The first-order valence-electron chi connectivity index (χ1n) is 25.8. The highest BCUT2D eigenvalue weighted by molar-refractivity contribution is 8.14. The minimum Gasteiger partial charge on any atom is -0.478 e. The lowest BCUT2D eigenvalue weighted by molar-refractivity contribution is 0.189. The van der Waals surface area contributed by atoms with Crippen LogP contribution in [0.1, 0.15) is 106 Å². The van der Waals surface area contributed by atoms with Crippen LogP contribution in [0.5, 0.6) is 0 Å². The van der Waals surface area contributed by atoms with Crippen molar-refractivity contribution in [1.29, 1.82) is 0 Å². The van der Waals surface area contributed by atoms with Crippen molar-refractivity contribution >= 4 is 56.8 Å². The minimum absolute atomic E-state index is 0.603. The average molecular weight is 1100 g/mol. The highest BCUT2D eigenvalue weighted by Gasteiger charge is 2.07. The van der Waals surface area contributed by atoms with Crippen molar-refractivity contribution in [3.05, 3.63) is 107 Å². The number of likely N-dealkylation sites (N-methyl/N-ethyl adjacent to an activating group) is 1. The molecule has 4 aromatic heterocycles. The van der Waals surface area contributed by atoms with E-state index in [1.54, 1.807) is 23.0 Å². The van der Waals surface area contributed by atoms with Gasteiger partial charge in [-0.15, -0.1) is 22.0 Å². The number of ether oxygens (including phenoxy) is 2. The number of hydrogen-bond acceptors (Lipinski definition) is 22. The minimum atomic E-state index is 0.603. The zero-order valence-corrected chi connectivity index (χ0v) is 51.9. The summed E-state index contributed by atoms with van der Waals surface area (Å²) in [4.78, 5) is 24.2. The quantitative estimate of drug-likeness (QED) is 0.162. The Morgan fingerprint density at radius 2 is 0.974 bits per heavy atom. The zero-order valence-electron chi connectivity index (χ0n) is 50.2. The lowest BCUT2D eigenvalue weighted by Gasteiger charge is -2.19. The molecule has 0 amide bonds. The van der Waals surface area contributed by atoms with Gasteiger partial charge in [0.15, 0.2) is 6.73 Å². The van der Waals surface area contributed by atoms with Crippen molar-refractivity contribution < 1.29 is 9.47 Å². The van der Waals surface area contributed by atoms with E-state index >= 15 is 0 Å². The summed E-state index contributed by atoms with van der Waals surface area (Å²) in [6.45, 7) is 33.2. The number of pyridine rings is 2. The molecule has 0 saturated heterocycles. The molecule has 0 unspecified atom stereocenters. The topological polar surface area (TPSA) is 189 Å². The molecule has 0 fully saturated rings. The van der Waals surface area contributed by atoms with E-state index in [1.807, 2.05) is 211 Å². The molecular formula is C55H92N18O2S2. The van der Waals surface area contributed by atoms with Gasteiger partial charge in [0.1, 0.15) is 18.3 Å². The number of thioether (sulfide) groups is 2. The number of aryl methyl sites for hydroxylation is 8. The maximum atomic E-state index is 5.06. The second kappa shape index (κ2) is 39.9. The van der Waals surface area contributed by atoms with Crippen LogP contribution >= 0.6 is 23.5 Å². The summed E-state index contributed by atoms with van der Waals surface area (Å²) >= 11 is 3.61. The van der Waals surface area contributed by atoms with E-state index in [2.05, 4.69) is 80.4 Å². The highest BCUT2D eigenvalue weighted by atomic mass is 32.2. The molecule has 426 valence electrons. The van der Waals surface area contributed by atoms with E-state index in [-0.39, 0.29) is 0 Å². The molecule has 0 aliphatic carbocycles. The van der Waals surface area contributed by atoms with Gasteiger partial charge in [-0.1, -0.05) is 23.9 Å². The number of hydrazone groups is 6. The third kappa shape index (κ3) is 38.7. The van der Waals surface area contributed by atoms with Crippen LogP contribution in [0, 0.1) is 55.4 Å². The Labute approximate surface area is 471 Å². The molecule has 6 aliphatic rings. The van der Waals surface area contributed by atoms with Crippen LogP contribution in [-0.2, 0) is 9.47 Å². The van der Waals surface area contributed by atoms with Crippen LogP contribution in [0.15, 0.2) is 91.8 Å². The van der Waals surface area contributed by atoms with Gasteiger partial charge in [0, 0.05) is 147 Å². The molecule has 0 aromatic carbocycles. The Morgan fingerprint density at radius 3 is 1.27 bits per heavy atom. The van der Waals surface area contributed by atoms with Crippen molar-refractivity contribution in [2.75, 3.05) is 93.4 Å². The van der Waals surface area contributed by atoms with Gasteiger partial charge in [0.05, 0.1) is 22.5 Å². The molecule has 20 nitrogen and oxygen atoms in total. The number of nitrogens with zero attached hydrogens (tertiary/aromatic N) is 18. The second-order valence-electron chi connectivity index (χ2n) is 18.5. The van der Waals surface area contributed by atoms with Crippen LogP contribution in [0.2, 0.25) is 0 Å². The third-order valence-corrected chi connectivity index (χ3v) is 11.9. The van der Waals surface area contributed by atoms with Crippen LogP contribution in [-0.4, -0.2) is 187 Å². The standard InChI is InChI=1S/2C7H9N.C6H8N2.C6H12N2.C6H8N2.C5H10N2O.C5H10N2S.C5H10N2.C4H8N2O.C4H8N2S/c1-6-3-4-7(2)8-5-6;1-6-4-3-5-7(2)8-6;1-5-3-7-6(2)8-4-5;1-6-4-3-5-8(2)7-6;1-5-3-4-7-6(2)8-5;2*1-5-6-7(2)3-4-8-5;1-5-3-4-7(2)6-5;2*1-4-5-6(2)3-7-4/h2*3-5H,1-2H3;3-4H,1-2H3;3-5H2,1-2H3;3-4H,1-2H3;2*3-4H2,1-2H3;3-4H2,1-2H3;2*3H2,1-2H3. The van der Waals surface area contributed by atoms with E-state index in [0.717, 1.165) is 96.9 Å². The fourth-order valence-electron chi connectivity index (χ4n) is 6.18. The van der Waals surface area contributed by atoms with Gasteiger partial charge in [-0.25, -0.2) is 19.9 Å². The van der Waals surface area contributed by atoms with E-state index in [9.17, 15) is 0 Å². The van der Waals surface area contributed by atoms with E-state index in [1.165, 1.54) is 45.7 Å². The lowest BCUT2D eigenvalue weighted by atomic mass is 10.2. The van der Waals surface area contributed by atoms with Crippen LogP contribution in [0.25, 0.3) is 0 Å². The normalized spacial score (nSPS) is 15.6. The molecule has 4 aromatic rings. The molecule has 10 heterocycles. The number of aromatic nitrogens is 6. The van der Waals surface area contributed by atoms with Gasteiger partial charge in [-0.3, -0.25) is 35.0 Å². The molecule has 0 radical (unpaired) electrons. The smallest absolute Gasteiger partial charge is 0.204 e. The van der Waals surface area contributed by atoms with Crippen molar-refractivity contribution in [1.82, 2.24) is 60.0 Å². The van der Waals surface area contributed by atoms with Crippen molar-refractivity contribution in [2.24, 2.45) is 30.6 Å². The first kappa shape index (κ1) is 68.6. The van der Waals surface area contributed by atoms with E-state index in [4.69, 9.17) is 9.47 Å². The maximum Gasteiger partial charge on any atom is 0.204 e. The van der Waals surface area contributed by atoms with Gasteiger partial charge in [-0.2, -0.15) is 20.4 Å². The Bertz CT molecular complexity index is 2140. The predicted molar refractivity (Wildman–Crippen MR) is 326 cm³/mol. The van der Waals surface area contributed by atoms with Crippen LogP contribution in [0.4, 0.5) is 0 Å². The molecule has 0 atom stereocenters. The zero-order chi connectivity index (χ0) is 57.7. The van der Waals surface area contributed by atoms with Crippen LogP contribution < -0.4 is 0 Å². The third-order valence-electron chi connectivity index (χ3n) is 10.0. The summed E-state index contributed by atoms with van der Waals surface area (Å²) < 4.78 is 10.00. The Kier molecular flexibility index (Phi) is 35.5.